The van der Waals surface area contributed by atoms with Crippen LogP contribution >= 0.6 is 31.9 Å². The molecule has 0 aliphatic carbocycles. The number of hydrogen-bond donors (Lipinski definition) is 2. The molecule has 3 aromatic rings. The number of nitrogens with one attached hydrogen (secondary N) is 1. The second kappa shape index (κ2) is 9.91. The van der Waals surface area contributed by atoms with Crippen LogP contribution < -0.4 is 10.1 Å². The van der Waals surface area contributed by atoms with Gasteiger partial charge in [0.25, 0.3) is 5.91 Å². The molecule has 0 bridgehead atoms. The van der Waals surface area contributed by atoms with Crippen LogP contribution in [0.4, 0.5) is 11.4 Å². The van der Waals surface area contributed by atoms with E-state index in [0.29, 0.717) is 34.9 Å². The van der Waals surface area contributed by atoms with E-state index in [2.05, 4.69) is 42.2 Å². The second-order valence-electron chi connectivity index (χ2n) is 6.50. The maximum absolute atomic E-state index is 12.5. The van der Waals surface area contributed by atoms with Gasteiger partial charge in [-0.25, -0.2) is 0 Å². The Morgan fingerprint density at radius 1 is 1.17 bits per heavy atom. The number of ether oxygens (including phenoxy) is 1. The first-order valence-electron chi connectivity index (χ1n) is 9.24. The van der Waals surface area contributed by atoms with Crippen molar-refractivity contribution in [3.63, 3.8) is 0 Å². The Bertz CT molecular complexity index is 1110. The number of hydrogen-bond acceptors (Lipinski definition) is 4. The van der Waals surface area contributed by atoms with Crippen molar-refractivity contribution in [2.24, 2.45) is 4.99 Å². The normalized spacial score (nSPS) is 10.9. The van der Waals surface area contributed by atoms with Gasteiger partial charge in [0.2, 0.25) is 0 Å². The van der Waals surface area contributed by atoms with Gasteiger partial charge in [0.15, 0.2) is 11.5 Å². The second-order valence-corrected chi connectivity index (χ2v) is 8.27. The van der Waals surface area contributed by atoms with Crippen molar-refractivity contribution in [2.75, 3.05) is 11.9 Å². The molecule has 7 heteroatoms. The number of carbonyl (C=O) groups is 1. The lowest BCUT2D eigenvalue weighted by Crippen LogP contribution is -2.11. The molecule has 0 aliphatic rings. The zero-order chi connectivity index (χ0) is 21.7. The van der Waals surface area contributed by atoms with Crippen LogP contribution in [0.2, 0.25) is 0 Å². The standard InChI is InChI=1S/C23H20Br2N2O3/c1-3-30-21-11-17(24)9-16(22(21)28)13-26-18-5-4-6-19(12-18)27-23(29)15-8-7-14(2)20(25)10-15/h4-13,28H,3H2,1-2H3,(H,27,29). The zero-order valence-electron chi connectivity index (χ0n) is 16.4. The highest BCUT2D eigenvalue weighted by atomic mass is 79.9. The average Bonchev–Trinajstić information content (AvgIpc) is 2.72. The summed E-state index contributed by atoms with van der Waals surface area (Å²) in [6, 6.07) is 16.1. The Morgan fingerprint density at radius 3 is 2.70 bits per heavy atom. The van der Waals surface area contributed by atoms with Crippen LogP contribution in [0.3, 0.4) is 0 Å². The number of halogens is 2. The van der Waals surface area contributed by atoms with E-state index >= 15 is 0 Å². The minimum atomic E-state index is -0.206. The Morgan fingerprint density at radius 2 is 1.97 bits per heavy atom. The predicted octanol–water partition coefficient (Wildman–Crippen LogP) is 6.63. The molecule has 0 aliphatic heterocycles. The molecule has 0 heterocycles. The van der Waals surface area contributed by atoms with Gasteiger partial charge in [0.1, 0.15) is 0 Å². The Balaban J connectivity index is 1.79. The van der Waals surface area contributed by atoms with Crippen molar-refractivity contribution in [2.45, 2.75) is 13.8 Å². The zero-order valence-corrected chi connectivity index (χ0v) is 19.6. The number of amides is 1. The number of nitrogens with zero attached hydrogens (tertiary/aromatic N) is 1. The molecule has 0 spiro atoms. The van der Waals surface area contributed by atoms with Crippen molar-refractivity contribution in [3.8, 4) is 11.5 Å². The monoisotopic (exact) mass is 530 g/mol. The van der Waals surface area contributed by atoms with Crippen molar-refractivity contribution < 1.29 is 14.6 Å². The maximum Gasteiger partial charge on any atom is 0.255 e. The summed E-state index contributed by atoms with van der Waals surface area (Å²) < 4.78 is 7.09. The third kappa shape index (κ3) is 5.49. The highest BCUT2D eigenvalue weighted by Gasteiger charge is 2.10. The lowest BCUT2D eigenvalue weighted by atomic mass is 10.1. The van der Waals surface area contributed by atoms with E-state index in [-0.39, 0.29) is 11.7 Å². The summed E-state index contributed by atoms with van der Waals surface area (Å²) in [5.74, 6) is 0.208. The van der Waals surface area contributed by atoms with Gasteiger partial charge in [-0.1, -0.05) is 44.0 Å². The predicted molar refractivity (Wildman–Crippen MR) is 128 cm³/mol. The number of carbonyl (C=O) groups excluding carboxylic acids is 1. The first-order chi connectivity index (χ1) is 14.4. The van der Waals surface area contributed by atoms with Crippen LogP contribution in [0, 0.1) is 6.92 Å². The highest BCUT2D eigenvalue weighted by molar-refractivity contribution is 9.10. The van der Waals surface area contributed by atoms with Gasteiger partial charge in [-0.05, 0) is 61.9 Å². The summed E-state index contributed by atoms with van der Waals surface area (Å²) >= 11 is 6.86. The number of rotatable bonds is 6. The smallest absolute Gasteiger partial charge is 0.255 e. The molecular formula is C23H20Br2N2O3. The van der Waals surface area contributed by atoms with Gasteiger partial charge in [0.05, 0.1) is 12.3 Å². The lowest BCUT2D eigenvalue weighted by molar-refractivity contribution is 0.102. The van der Waals surface area contributed by atoms with E-state index in [1.54, 1.807) is 48.7 Å². The Hall–Kier alpha value is -2.64. The molecular weight excluding hydrogens is 512 g/mol. The first kappa shape index (κ1) is 22.1. The molecule has 0 saturated carbocycles. The highest BCUT2D eigenvalue weighted by Crippen LogP contribution is 2.33. The molecule has 0 unspecified atom stereocenters. The van der Waals surface area contributed by atoms with E-state index in [1.807, 2.05) is 26.0 Å². The van der Waals surface area contributed by atoms with E-state index in [9.17, 15) is 9.90 Å². The van der Waals surface area contributed by atoms with Gasteiger partial charge >= 0.3 is 0 Å². The molecule has 5 nitrogen and oxygen atoms in total. The number of aromatic hydroxyl groups is 1. The van der Waals surface area contributed by atoms with Crippen LogP contribution in [0.15, 0.2) is 68.5 Å². The fourth-order valence-corrected chi connectivity index (χ4v) is 3.54. The van der Waals surface area contributed by atoms with Gasteiger partial charge in [-0.3, -0.25) is 9.79 Å². The molecule has 0 saturated heterocycles. The molecule has 0 fully saturated rings. The fourth-order valence-electron chi connectivity index (χ4n) is 2.70. The van der Waals surface area contributed by atoms with E-state index in [4.69, 9.17) is 4.74 Å². The Kier molecular flexibility index (Phi) is 7.29. The number of anilines is 1. The molecule has 2 N–H and O–H groups in total. The number of phenols is 1. The van der Waals surface area contributed by atoms with Crippen molar-refractivity contribution >= 4 is 55.4 Å². The molecule has 0 atom stereocenters. The average molecular weight is 532 g/mol. The van der Waals surface area contributed by atoms with Crippen LogP contribution in [0.5, 0.6) is 11.5 Å². The number of benzene rings is 3. The number of aliphatic imine (C=N–C) groups is 1. The number of phenolic OH excluding ortho intramolecular Hbond substituents is 1. The van der Waals surface area contributed by atoms with Gasteiger partial charge in [0, 0.05) is 32.0 Å². The first-order valence-corrected chi connectivity index (χ1v) is 10.8. The minimum absolute atomic E-state index is 0.0261. The van der Waals surface area contributed by atoms with E-state index in [1.165, 1.54) is 0 Å². The summed E-state index contributed by atoms with van der Waals surface area (Å²) in [5.41, 5.74) is 3.40. The summed E-state index contributed by atoms with van der Waals surface area (Å²) in [4.78, 5) is 17.0. The van der Waals surface area contributed by atoms with Gasteiger partial charge in [-0.15, -0.1) is 0 Å². The summed E-state index contributed by atoms with van der Waals surface area (Å²) in [6.07, 6.45) is 1.56. The maximum atomic E-state index is 12.5. The molecule has 30 heavy (non-hydrogen) atoms. The lowest BCUT2D eigenvalue weighted by Gasteiger charge is -2.09. The third-order valence-corrected chi connectivity index (χ3v) is 5.57. The molecule has 154 valence electrons. The molecule has 0 aromatic heterocycles. The largest absolute Gasteiger partial charge is 0.504 e. The van der Waals surface area contributed by atoms with E-state index in [0.717, 1.165) is 14.5 Å². The van der Waals surface area contributed by atoms with Crippen LogP contribution in [0.1, 0.15) is 28.4 Å². The Labute approximate surface area is 192 Å². The third-order valence-electron chi connectivity index (χ3n) is 4.26. The van der Waals surface area contributed by atoms with Crippen LogP contribution in [-0.4, -0.2) is 23.8 Å². The van der Waals surface area contributed by atoms with Gasteiger partial charge in [-0.2, -0.15) is 0 Å². The molecule has 1 amide bonds. The number of aryl methyl sites for hydroxylation is 1. The fraction of sp³-hybridized carbons (Fsp3) is 0.130. The molecule has 3 rings (SSSR count). The van der Waals surface area contributed by atoms with Crippen molar-refractivity contribution in [3.05, 3.63) is 80.2 Å². The van der Waals surface area contributed by atoms with Crippen molar-refractivity contribution in [1.29, 1.82) is 0 Å². The minimum Gasteiger partial charge on any atom is -0.504 e. The van der Waals surface area contributed by atoms with E-state index < -0.39 is 0 Å². The SMILES string of the molecule is CCOc1cc(Br)cc(C=Nc2cccc(NC(=O)c3ccc(C)c(Br)c3)c2)c1O. The summed E-state index contributed by atoms with van der Waals surface area (Å²) in [6.45, 7) is 4.26. The quantitative estimate of drug-likeness (QED) is 0.351. The molecule has 3 aromatic carbocycles. The summed E-state index contributed by atoms with van der Waals surface area (Å²) in [5, 5.41) is 13.2. The van der Waals surface area contributed by atoms with Crippen molar-refractivity contribution in [1.82, 2.24) is 0 Å². The topological polar surface area (TPSA) is 70.9 Å². The molecule has 0 radical (unpaired) electrons. The van der Waals surface area contributed by atoms with Crippen LogP contribution in [0.25, 0.3) is 0 Å². The summed E-state index contributed by atoms with van der Waals surface area (Å²) in [7, 11) is 0. The van der Waals surface area contributed by atoms with Crippen LogP contribution in [-0.2, 0) is 0 Å². The van der Waals surface area contributed by atoms with Gasteiger partial charge < -0.3 is 15.2 Å².